The lowest BCUT2D eigenvalue weighted by atomic mass is 9.90. The molecule has 0 spiro atoms. The Morgan fingerprint density at radius 2 is 1.59 bits per heavy atom. The quantitative estimate of drug-likeness (QED) is 0.307. The Bertz CT molecular complexity index is 1250. The van der Waals surface area contributed by atoms with Crippen molar-refractivity contribution in [2.24, 2.45) is 17.6 Å². The van der Waals surface area contributed by atoms with Crippen molar-refractivity contribution in [1.82, 2.24) is 4.90 Å². The van der Waals surface area contributed by atoms with Crippen molar-refractivity contribution in [3.05, 3.63) is 101 Å². The number of anilines is 1. The first-order valence-corrected chi connectivity index (χ1v) is 14.6. The van der Waals surface area contributed by atoms with Crippen LogP contribution in [0.25, 0.3) is 0 Å². The van der Waals surface area contributed by atoms with E-state index in [9.17, 15) is 9.59 Å². The maximum Gasteiger partial charge on any atom is 0.248 e. The van der Waals surface area contributed by atoms with Gasteiger partial charge >= 0.3 is 0 Å². The molecular formula is C34H41N3O2. The topological polar surface area (TPSA) is 75.4 Å². The van der Waals surface area contributed by atoms with Gasteiger partial charge in [-0.05, 0) is 117 Å². The smallest absolute Gasteiger partial charge is 0.248 e. The van der Waals surface area contributed by atoms with E-state index in [4.69, 9.17) is 5.73 Å². The largest absolute Gasteiger partial charge is 0.385 e. The van der Waals surface area contributed by atoms with Crippen molar-refractivity contribution in [2.75, 3.05) is 25.0 Å². The number of likely N-dealkylation sites (tertiary alicyclic amines) is 1. The molecule has 2 aliphatic heterocycles. The van der Waals surface area contributed by atoms with Gasteiger partial charge in [-0.2, -0.15) is 0 Å². The van der Waals surface area contributed by atoms with Crippen molar-refractivity contribution >= 4 is 17.4 Å². The van der Waals surface area contributed by atoms with Gasteiger partial charge in [0.25, 0.3) is 0 Å². The molecule has 39 heavy (non-hydrogen) atoms. The minimum atomic E-state index is -0.382. The summed E-state index contributed by atoms with van der Waals surface area (Å²) in [5.74, 6) is 1.20. The van der Waals surface area contributed by atoms with Crippen molar-refractivity contribution in [3.63, 3.8) is 0 Å². The van der Waals surface area contributed by atoms with Crippen molar-refractivity contribution in [1.29, 1.82) is 0 Å². The third kappa shape index (κ3) is 7.57. The second-order valence-electron chi connectivity index (χ2n) is 11.4. The molecule has 5 heteroatoms. The number of carbonyl (C=O) groups is 2. The number of piperidine rings is 1. The van der Waals surface area contributed by atoms with Crippen LogP contribution in [0.15, 0.2) is 72.8 Å². The van der Waals surface area contributed by atoms with Crippen LogP contribution < -0.4 is 11.1 Å². The summed E-state index contributed by atoms with van der Waals surface area (Å²) >= 11 is 0. The fourth-order valence-corrected chi connectivity index (χ4v) is 6.15. The van der Waals surface area contributed by atoms with Crippen LogP contribution in [0.4, 0.5) is 5.69 Å². The molecule has 1 fully saturated rings. The van der Waals surface area contributed by atoms with Crippen LogP contribution in [0, 0.1) is 11.8 Å². The molecule has 1 atom stereocenters. The third-order valence-electron chi connectivity index (χ3n) is 8.57. The number of hydrogen-bond acceptors (Lipinski definition) is 4. The highest BCUT2D eigenvalue weighted by atomic mass is 16.1. The number of nitrogens with two attached hydrogens (primary N) is 1. The fourth-order valence-electron chi connectivity index (χ4n) is 6.15. The fraction of sp³-hybridized carbons (Fsp3) is 0.412. The number of benzene rings is 3. The van der Waals surface area contributed by atoms with Gasteiger partial charge in [0.15, 0.2) is 5.78 Å². The summed E-state index contributed by atoms with van der Waals surface area (Å²) in [6.45, 7) is 4.05. The molecule has 2 aliphatic rings. The monoisotopic (exact) mass is 523 g/mol. The number of primary amides is 1. The van der Waals surface area contributed by atoms with Crippen LogP contribution in [0.5, 0.6) is 0 Å². The number of nitrogens with one attached hydrogen (secondary N) is 1. The lowest BCUT2D eigenvalue weighted by Crippen LogP contribution is -2.33. The Morgan fingerprint density at radius 1 is 0.846 bits per heavy atom. The highest BCUT2D eigenvalue weighted by Crippen LogP contribution is 2.28. The summed E-state index contributed by atoms with van der Waals surface area (Å²) in [7, 11) is 0. The third-order valence-corrected chi connectivity index (χ3v) is 8.57. The maximum atomic E-state index is 13.0. The predicted octanol–water partition coefficient (Wildman–Crippen LogP) is 6.27. The first kappa shape index (κ1) is 27.1. The van der Waals surface area contributed by atoms with Gasteiger partial charge in [-0.15, -0.1) is 0 Å². The van der Waals surface area contributed by atoms with Gasteiger partial charge in [-0.25, -0.2) is 0 Å². The molecule has 0 aliphatic carbocycles. The Hall–Kier alpha value is -3.44. The minimum Gasteiger partial charge on any atom is -0.385 e. The molecule has 0 aromatic heterocycles. The highest BCUT2D eigenvalue weighted by Gasteiger charge is 2.21. The summed E-state index contributed by atoms with van der Waals surface area (Å²) in [5, 5.41) is 3.64. The summed E-state index contributed by atoms with van der Waals surface area (Å²) in [4.78, 5) is 26.8. The molecule has 1 saturated heterocycles. The summed E-state index contributed by atoms with van der Waals surface area (Å²) in [5.41, 5.74) is 11.9. The molecule has 3 aromatic rings. The number of nitrogens with zero attached hydrogens (tertiary/aromatic N) is 1. The number of amides is 1. The van der Waals surface area contributed by atoms with Crippen LogP contribution in [0.1, 0.15) is 75.9 Å². The van der Waals surface area contributed by atoms with Gasteiger partial charge in [0, 0.05) is 36.3 Å². The number of fused-ring (bicyclic) bond motifs is 1. The Morgan fingerprint density at radius 3 is 2.33 bits per heavy atom. The zero-order valence-electron chi connectivity index (χ0n) is 22.9. The zero-order chi connectivity index (χ0) is 27.0. The number of Topliss-reactive ketones (excluding diaryl/α,β-unsaturated/α-hetero) is 1. The highest BCUT2D eigenvalue weighted by molar-refractivity contribution is 5.96. The SMILES string of the molecule is NC(=O)c1ccc(CN2CCC(CCCC(=O)c3ccc4c(c3)CCC(Cc3ccccc3)CN4)CC2)cc1. The molecule has 2 heterocycles. The van der Waals surface area contributed by atoms with E-state index in [2.05, 4.69) is 52.7 Å². The average Bonchev–Trinajstić information content (AvgIpc) is 3.16. The Kier molecular flexibility index (Phi) is 9.10. The average molecular weight is 524 g/mol. The van der Waals surface area contributed by atoms with Gasteiger partial charge in [0.2, 0.25) is 5.91 Å². The summed E-state index contributed by atoms with van der Waals surface area (Å²) < 4.78 is 0. The van der Waals surface area contributed by atoms with E-state index in [1.54, 1.807) is 0 Å². The summed E-state index contributed by atoms with van der Waals surface area (Å²) in [6.07, 6.45) is 8.35. The van der Waals surface area contributed by atoms with Gasteiger partial charge < -0.3 is 11.1 Å². The van der Waals surface area contributed by atoms with Crippen LogP contribution in [-0.2, 0) is 19.4 Å². The van der Waals surface area contributed by atoms with Gasteiger partial charge in [0.1, 0.15) is 0 Å². The van der Waals surface area contributed by atoms with E-state index < -0.39 is 0 Å². The Labute approximate surface area is 232 Å². The van der Waals surface area contributed by atoms with Crippen molar-refractivity contribution in [3.8, 4) is 0 Å². The standard InChI is InChI=1S/C34H41N3O2/c35-34(39)29-12-9-27(10-13-29)24-37-19-17-25(18-20-37)7-4-8-33(38)31-15-16-32-30(22-31)14-11-28(23-36-32)21-26-5-2-1-3-6-26/h1-3,5-6,9-10,12-13,15-16,22,25,28,36H,4,7-8,11,14,17-21,23-24H2,(H2,35,39). The molecule has 5 nitrogen and oxygen atoms in total. The lowest BCUT2D eigenvalue weighted by Gasteiger charge is -2.32. The first-order chi connectivity index (χ1) is 19.0. The second-order valence-corrected chi connectivity index (χ2v) is 11.4. The normalized spacial score (nSPS) is 18.1. The Balaban J connectivity index is 1.03. The van der Waals surface area contributed by atoms with Crippen LogP contribution in [0.3, 0.4) is 0 Å². The molecule has 0 radical (unpaired) electrons. The predicted molar refractivity (Wildman–Crippen MR) is 158 cm³/mol. The van der Waals surface area contributed by atoms with E-state index in [-0.39, 0.29) is 11.7 Å². The summed E-state index contributed by atoms with van der Waals surface area (Å²) in [6, 6.07) is 24.6. The van der Waals surface area contributed by atoms with Crippen molar-refractivity contribution < 1.29 is 9.59 Å². The van der Waals surface area contributed by atoms with Gasteiger partial charge in [-0.3, -0.25) is 14.5 Å². The minimum absolute atomic E-state index is 0.278. The number of carbonyl (C=O) groups excluding carboxylic acids is 2. The molecule has 0 bridgehead atoms. The first-order valence-electron chi connectivity index (χ1n) is 14.6. The van der Waals surface area contributed by atoms with E-state index in [0.717, 1.165) is 63.8 Å². The second kappa shape index (κ2) is 13.1. The van der Waals surface area contributed by atoms with E-state index >= 15 is 0 Å². The van der Waals surface area contributed by atoms with E-state index in [1.165, 1.54) is 35.2 Å². The molecule has 204 valence electrons. The molecule has 3 aromatic carbocycles. The van der Waals surface area contributed by atoms with Crippen LogP contribution >= 0.6 is 0 Å². The molecule has 1 unspecified atom stereocenters. The number of rotatable bonds is 10. The number of aryl methyl sites for hydroxylation is 1. The van der Waals surface area contributed by atoms with E-state index in [0.29, 0.717) is 23.8 Å². The zero-order valence-corrected chi connectivity index (χ0v) is 22.9. The molecule has 0 saturated carbocycles. The molecule has 5 rings (SSSR count). The number of ketones is 1. The molecule has 3 N–H and O–H groups in total. The molecule has 1 amide bonds. The van der Waals surface area contributed by atoms with Gasteiger partial charge in [-0.1, -0.05) is 42.5 Å². The molecular weight excluding hydrogens is 482 g/mol. The van der Waals surface area contributed by atoms with Gasteiger partial charge in [0.05, 0.1) is 0 Å². The van der Waals surface area contributed by atoms with Crippen LogP contribution in [-0.4, -0.2) is 36.2 Å². The van der Waals surface area contributed by atoms with Crippen LogP contribution in [0.2, 0.25) is 0 Å². The maximum absolute atomic E-state index is 13.0. The number of hydrogen-bond donors (Lipinski definition) is 2. The lowest BCUT2D eigenvalue weighted by molar-refractivity contribution is 0.0971. The van der Waals surface area contributed by atoms with E-state index in [1.807, 2.05) is 30.3 Å². The van der Waals surface area contributed by atoms with Crippen molar-refractivity contribution in [2.45, 2.75) is 57.9 Å².